The second-order valence-corrected chi connectivity index (χ2v) is 3.92. The molecular formula is C11H15N3. The number of nitrogens with zero attached hydrogens (tertiary/aromatic N) is 3. The summed E-state index contributed by atoms with van der Waals surface area (Å²) in [4.78, 5) is 4.04. The zero-order chi connectivity index (χ0) is 9.80. The minimum absolute atomic E-state index is 0.509. The molecule has 1 heterocycles. The van der Waals surface area contributed by atoms with Crippen molar-refractivity contribution >= 4 is 0 Å². The molecule has 0 aliphatic heterocycles. The fourth-order valence-electron chi connectivity index (χ4n) is 2.23. The number of rotatable bonds is 1. The molecule has 0 spiro atoms. The van der Waals surface area contributed by atoms with E-state index < -0.39 is 0 Å². The van der Waals surface area contributed by atoms with Crippen LogP contribution in [-0.4, -0.2) is 9.55 Å². The van der Waals surface area contributed by atoms with Crippen molar-refractivity contribution in [1.82, 2.24) is 9.55 Å². The monoisotopic (exact) mass is 189 g/mol. The summed E-state index contributed by atoms with van der Waals surface area (Å²) in [6, 6.07) is 2.65. The minimum atomic E-state index is 0.509. The van der Waals surface area contributed by atoms with Crippen molar-refractivity contribution in [3.8, 4) is 6.07 Å². The number of nitriles is 1. The van der Waals surface area contributed by atoms with Crippen molar-refractivity contribution < 1.29 is 0 Å². The third-order valence-electron chi connectivity index (χ3n) is 2.99. The van der Waals surface area contributed by atoms with Crippen molar-refractivity contribution in [2.24, 2.45) is 0 Å². The van der Waals surface area contributed by atoms with Gasteiger partial charge in [0.25, 0.3) is 0 Å². The molecule has 0 radical (unpaired) electrons. The number of hydrogen-bond acceptors (Lipinski definition) is 2. The van der Waals surface area contributed by atoms with E-state index in [9.17, 15) is 0 Å². The Labute approximate surface area is 84.4 Å². The maximum atomic E-state index is 8.87. The SMILES string of the molecule is N#Cc1nccn1C1CCCCCC1. The lowest BCUT2D eigenvalue weighted by atomic mass is 10.1. The zero-order valence-corrected chi connectivity index (χ0v) is 8.32. The molecule has 0 bridgehead atoms. The second-order valence-electron chi connectivity index (χ2n) is 3.92. The molecule has 1 aliphatic carbocycles. The first-order chi connectivity index (χ1) is 6.92. The van der Waals surface area contributed by atoms with Gasteiger partial charge in [-0.2, -0.15) is 5.26 Å². The molecule has 0 atom stereocenters. The third-order valence-corrected chi connectivity index (χ3v) is 2.99. The van der Waals surface area contributed by atoms with E-state index in [2.05, 4.69) is 11.1 Å². The van der Waals surface area contributed by atoms with E-state index in [4.69, 9.17) is 5.26 Å². The Morgan fingerprint density at radius 2 is 2.00 bits per heavy atom. The summed E-state index contributed by atoms with van der Waals surface area (Å²) in [7, 11) is 0. The van der Waals surface area contributed by atoms with Crippen LogP contribution in [0.3, 0.4) is 0 Å². The molecule has 1 aliphatic rings. The lowest BCUT2D eigenvalue weighted by molar-refractivity contribution is 0.440. The Morgan fingerprint density at radius 1 is 1.29 bits per heavy atom. The van der Waals surface area contributed by atoms with Gasteiger partial charge in [-0.05, 0) is 12.8 Å². The average Bonchev–Trinajstić information content (AvgIpc) is 2.52. The van der Waals surface area contributed by atoms with Crippen LogP contribution in [0.2, 0.25) is 0 Å². The lowest BCUT2D eigenvalue weighted by Crippen LogP contribution is -2.09. The van der Waals surface area contributed by atoms with Crippen LogP contribution in [0.4, 0.5) is 0 Å². The second kappa shape index (κ2) is 4.28. The largest absolute Gasteiger partial charge is 0.320 e. The molecule has 0 unspecified atom stereocenters. The van der Waals surface area contributed by atoms with Gasteiger partial charge in [0.05, 0.1) is 0 Å². The van der Waals surface area contributed by atoms with Crippen LogP contribution < -0.4 is 0 Å². The Hall–Kier alpha value is -1.30. The molecule has 3 nitrogen and oxygen atoms in total. The van der Waals surface area contributed by atoms with Crippen LogP contribution in [0.15, 0.2) is 12.4 Å². The topological polar surface area (TPSA) is 41.6 Å². The van der Waals surface area contributed by atoms with E-state index in [1.54, 1.807) is 6.20 Å². The van der Waals surface area contributed by atoms with Crippen LogP contribution in [-0.2, 0) is 0 Å². The van der Waals surface area contributed by atoms with Crippen molar-refractivity contribution in [1.29, 1.82) is 5.26 Å². The highest BCUT2D eigenvalue weighted by Crippen LogP contribution is 2.27. The van der Waals surface area contributed by atoms with E-state index in [1.807, 2.05) is 10.8 Å². The van der Waals surface area contributed by atoms with Crippen molar-refractivity contribution in [3.63, 3.8) is 0 Å². The van der Waals surface area contributed by atoms with Gasteiger partial charge in [-0.3, -0.25) is 0 Å². The van der Waals surface area contributed by atoms with Gasteiger partial charge >= 0.3 is 0 Å². The van der Waals surface area contributed by atoms with Gasteiger partial charge in [0.15, 0.2) is 0 Å². The minimum Gasteiger partial charge on any atom is -0.320 e. The Morgan fingerprint density at radius 3 is 2.64 bits per heavy atom. The van der Waals surface area contributed by atoms with Gasteiger partial charge in [0, 0.05) is 18.4 Å². The Bertz CT molecular complexity index is 327. The fourth-order valence-corrected chi connectivity index (χ4v) is 2.23. The van der Waals surface area contributed by atoms with Crippen molar-refractivity contribution in [2.75, 3.05) is 0 Å². The summed E-state index contributed by atoms with van der Waals surface area (Å²) < 4.78 is 2.05. The van der Waals surface area contributed by atoms with Crippen LogP contribution in [0.25, 0.3) is 0 Å². The third kappa shape index (κ3) is 1.79. The normalized spacial score (nSPS) is 18.8. The molecule has 1 saturated carbocycles. The Kier molecular flexibility index (Phi) is 2.83. The maximum Gasteiger partial charge on any atom is 0.212 e. The number of aromatic nitrogens is 2. The number of imidazole rings is 1. The van der Waals surface area contributed by atoms with Crippen molar-refractivity contribution in [2.45, 2.75) is 44.6 Å². The summed E-state index contributed by atoms with van der Waals surface area (Å²) in [6.45, 7) is 0. The van der Waals surface area contributed by atoms with E-state index in [-0.39, 0.29) is 0 Å². The molecule has 0 N–H and O–H groups in total. The molecule has 0 amide bonds. The van der Waals surface area contributed by atoms with Gasteiger partial charge in [0.2, 0.25) is 5.82 Å². The first kappa shape index (κ1) is 9.26. The lowest BCUT2D eigenvalue weighted by Gasteiger charge is -2.16. The van der Waals surface area contributed by atoms with Crippen molar-refractivity contribution in [3.05, 3.63) is 18.2 Å². The Balaban J connectivity index is 2.16. The van der Waals surface area contributed by atoms with Crippen LogP contribution in [0.1, 0.15) is 50.4 Å². The highest BCUT2D eigenvalue weighted by atomic mass is 15.1. The molecule has 1 aromatic heterocycles. The number of hydrogen-bond donors (Lipinski definition) is 0. The van der Waals surface area contributed by atoms with Gasteiger partial charge in [0.1, 0.15) is 6.07 Å². The molecule has 0 aromatic carbocycles. The molecule has 1 aromatic rings. The van der Waals surface area contributed by atoms with Gasteiger partial charge in [-0.25, -0.2) is 4.98 Å². The van der Waals surface area contributed by atoms with Gasteiger partial charge in [-0.1, -0.05) is 25.7 Å². The first-order valence-electron chi connectivity index (χ1n) is 5.35. The molecule has 3 heteroatoms. The van der Waals surface area contributed by atoms with E-state index >= 15 is 0 Å². The predicted molar refractivity (Wildman–Crippen MR) is 53.7 cm³/mol. The van der Waals surface area contributed by atoms with Gasteiger partial charge in [-0.15, -0.1) is 0 Å². The molecule has 1 fully saturated rings. The van der Waals surface area contributed by atoms with E-state index in [0.717, 1.165) is 0 Å². The summed E-state index contributed by atoms with van der Waals surface area (Å²) in [5.74, 6) is 0.567. The molecular weight excluding hydrogens is 174 g/mol. The van der Waals surface area contributed by atoms with Crippen LogP contribution in [0.5, 0.6) is 0 Å². The fraction of sp³-hybridized carbons (Fsp3) is 0.636. The summed E-state index contributed by atoms with van der Waals surface area (Å²) in [5, 5.41) is 8.87. The molecule has 14 heavy (non-hydrogen) atoms. The molecule has 2 rings (SSSR count). The van der Waals surface area contributed by atoms with Crippen LogP contribution in [0, 0.1) is 11.3 Å². The highest BCUT2D eigenvalue weighted by Gasteiger charge is 2.16. The highest BCUT2D eigenvalue weighted by molar-refractivity contribution is 5.12. The first-order valence-corrected chi connectivity index (χ1v) is 5.35. The summed E-state index contributed by atoms with van der Waals surface area (Å²) >= 11 is 0. The maximum absolute atomic E-state index is 8.87. The standard InChI is InChI=1S/C11H15N3/c12-9-11-13-7-8-14(11)10-5-3-1-2-4-6-10/h7-8,10H,1-6H2. The predicted octanol–water partition coefficient (Wildman–Crippen LogP) is 2.65. The summed E-state index contributed by atoms with van der Waals surface area (Å²) in [5.41, 5.74) is 0. The quantitative estimate of drug-likeness (QED) is 0.637. The zero-order valence-electron chi connectivity index (χ0n) is 8.32. The molecule has 0 saturated heterocycles. The van der Waals surface area contributed by atoms with E-state index in [1.165, 1.54) is 38.5 Å². The molecule has 74 valence electrons. The van der Waals surface area contributed by atoms with E-state index in [0.29, 0.717) is 11.9 Å². The average molecular weight is 189 g/mol. The summed E-state index contributed by atoms with van der Waals surface area (Å²) in [6.07, 6.45) is 11.3. The smallest absolute Gasteiger partial charge is 0.212 e. The van der Waals surface area contributed by atoms with Gasteiger partial charge < -0.3 is 4.57 Å². The van der Waals surface area contributed by atoms with Crippen LogP contribution >= 0.6 is 0 Å².